The van der Waals surface area contributed by atoms with Crippen molar-refractivity contribution in [3.05, 3.63) is 108 Å². The van der Waals surface area contributed by atoms with Crippen LogP contribution in [0.1, 0.15) is 44.2 Å². The van der Waals surface area contributed by atoms with E-state index in [1.54, 1.807) is 12.1 Å². The van der Waals surface area contributed by atoms with Crippen LogP contribution in [0.5, 0.6) is 5.75 Å². The topological polar surface area (TPSA) is 162 Å². The van der Waals surface area contributed by atoms with Gasteiger partial charge in [-0.2, -0.15) is 4.31 Å². The number of carbonyl (C=O) groups excluding carboxylic acids is 1. The number of aliphatic hydroxyl groups is 1. The molecular weight excluding hydrogens is 798 g/mol. The molecule has 5 atom stereocenters. The van der Waals surface area contributed by atoms with Crippen LogP contribution in [0, 0.1) is 11.8 Å². The van der Waals surface area contributed by atoms with Crippen LogP contribution in [0.25, 0.3) is 0 Å². The van der Waals surface area contributed by atoms with Crippen molar-refractivity contribution in [1.82, 2.24) is 14.5 Å². The fourth-order valence-electron chi connectivity index (χ4n) is 7.41. The molecule has 0 aromatic heterocycles. The number of hydrogen-bond donors (Lipinski definition) is 2. The first kappa shape index (κ1) is 44.9. The van der Waals surface area contributed by atoms with Crippen LogP contribution in [0.4, 0.5) is 4.79 Å². The van der Waals surface area contributed by atoms with E-state index in [1.807, 2.05) is 80.6 Å². The van der Waals surface area contributed by atoms with Gasteiger partial charge in [-0.05, 0) is 60.6 Å². The molecule has 2 saturated heterocycles. The molecule has 2 fully saturated rings. The van der Waals surface area contributed by atoms with Crippen molar-refractivity contribution in [2.75, 3.05) is 59.2 Å². The highest BCUT2D eigenvalue weighted by atomic mass is 32.2. The third-order valence-corrected chi connectivity index (χ3v) is 14.4. The van der Waals surface area contributed by atoms with Crippen LogP contribution >= 0.6 is 7.60 Å². The lowest BCUT2D eigenvalue weighted by molar-refractivity contribution is -0.0907. The molecule has 14 nitrogen and oxygen atoms in total. The van der Waals surface area contributed by atoms with E-state index >= 15 is 0 Å². The lowest BCUT2D eigenvalue weighted by atomic mass is 9.96. The number of sulfonamides is 1. The number of methoxy groups -OCH3 is 1. The molecule has 3 aliphatic rings. The van der Waals surface area contributed by atoms with Crippen molar-refractivity contribution in [2.45, 2.75) is 75.8 Å². The third kappa shape index (κ3) is 12.9. The second-order valence-electron chi connectivity index (χ2n) is 15.6. The molecule has 3 aromatic rings. The van der Waals surface area contributed by atoms with Gasteiger partial charge in [0.25, 0.3) is 0 Å². The van der Waals surface area contributed by atoms with Crippen molar-refractivity contribution >= 4 is 23.7 Å². The molecule has 0 saturated carbocycles. The number of nitrogens with zero attached hydrogens (tertiary/aromatic N) is 2. The predicted molar refractivity (Wildman–Crippen MR) is 222 cm³/mol. The second-order valence-corrected chi connectivity index (χ2v) is 19.8. The summed E-state index contributed by atoms with van der Waals surface area (Å²) in [7, 11) is -6.02. The van der Waals surface area contributed by atoms with Gasteiger partial charge >= 0.3 is 13.7 Å². The molecule has 59 heavy (non-hydrogen) atoms. The van der Waals surface area contributed by atoms with Gasteiger partial charge in [0.1, 0.15) is 11.9 Å². The van der Waals surface area contributed by atoms with Gasteiger partial charge in [0.05, 0.1) is 62.7 Å². The van der Waals surface area contributed by atoms with Crippen LogP contribution in [0.3, 0.4) is 0 Å². The van der Waals surface area contributed by atoms with Gasteiger partial charge < -0.3 is 38.4 Å². The minimum atomic E-state index is -4.03. The van der Waals surface area contributed by atoms with E-state index in [-0.39, 0.29) is 62.2 Å². The van der Waals surface area contributed by atoms with Crippen LogP contribution in [-0.2, 0) is 51.1 Å². The van der Waals surface area contributed by atoms with Gasteiger partial charge in [0.2, 0.25) is 10.0 Å². The quantitative estimate of drug-likeness (QED) is 0.0923. The van der Waals surface area contributed by atoms with Gasteiger partial charge in [-0.15, -0.1) is 0 Å². The Labute approximate surface area is 348 Å². The maximum absolute atomic E-state index is 14.1. The predicted octanol–water partition coefficient (Wildman–Crippen LogP) is 6.21. The van der Waals surface area contributed by atoms with Gasteiger partial charge in [-0.1, -0.05) is 86.2 Å². The monoisotopic (exact) mass is 855 g/mol. The van der Waals surface area contributed by atoms with E-state index < -0.39 is 48.3 Å². The number of rotatable bonds is 21. The zero-order chi connectivity index (χ0) is 41.8. The Bertz CT molecular complexity index is 1920. The highest BCUT2D eigenvalue weighted by Crippen LogP contribution is 2.49. The normalized spacial score (nSPS) is 20.9. The van der Waals surface area contributed by atoms with Crippen LogP contribution in [0.15, 0.2) is 101 Å². The van der Waals surface area contributed by atoms with Crippen LogP contribution < -0.4 is 10.1 Å². The zero-order valence-corrected chi connectivity index (χ0v) is 35.8. The maximum Gasteiger partial charge on any atom is 0.407 e. The molecule has 0 aliphatic carbocycles. The molecule has 6 rings (SSSR count). The van der Waals surface area contributed by atoms with Crippen molar-refractivity contribution in [3.8, 4) is 5.75 Å². The third-order valence-electron chi connectivity index (χ3n) is 10.8. The van der Waals surface area contributed by atoms with E-state index in [1.165, 1.54) is 23.5 Å². The van der Waals surface area contributed by atoms with Crippen molar-refractivity contribution in [3.63, 3.8) is 0 Å². The number of hydrogen-bond acceptors (Lipinski definition) is 12. The molecule has 3 aliphatic heterocycles. The number of alkyl carbamates (subject to hydrolysis) is 1. The van der Waals surface area contributed by atoms with Gasteiger partial charge in [-0.25, -0.2) is 13.2 Å². The Morgan fingerprint density at radius 1 is 0.966 bits per heavy atom. The summed E-state index contributed by atoms with van der Waals surface area (Å²) in [5.41, 5.74) is 2.78. The van der Waals surface area contributed by atoms with Crippen molar-refractivity contribution in [2.24, 2.45) is 11.8 Å². The van der Waals surface area contributed by atoms with Gasteiger partial charge in [0.15, 0.2) is 6.29 Å². The van der Waals surface area contributed by atoms with E-state index in [2.05, 4.69) is 10.2 Å². The molecule has 2 N–H and O–H groups in total. The Morgan fingerprint density at radius 3 is 2.22 bits per heavy atom. The lowest BCUT2D eigenvalue weighted by Gasteiger charge is -2.33. The fraction of sp³-hybridized carbons (Fsp3) is 0.512. The SMILES string of the molecule is COc1ccc(S(=O)(=O)N(CC(C)C)C[C@@H](O)[C@H](CC2=CCN(CCP(=O)(OCc3ccccc3)OCc3ccccc3)CC2)NC(=O)O[C@H]2CO[C@H]3OCC[C@H]32)cc1. The van der Waals surface area contributed by atoms with E-state index in [4.69, 9.17) is 28.0 Å². The zero-order valence-electron chi connectivity index (χ0n) is 34.1. The van der Waals surface area contributed by atoms with Crippen molar-refractivity contribution < 1.29 is 50.9 Å². The largest absolute Gasteiger partial charge is 0.497 e. The van der Waals surface area contributed by atoms with E-state index in [0.717, 1.165) is 16.7 Å². The number of fused-ring (bicyclic) bond motifs is 1. The number of benzene rings is 3. The molecule has 0 radical (unpaired) electrons. The Kier molecular flexibility index (Phi) is 16.2. The average molecular weight is 856 g/mol. The number of carbonyl (C=O) groups is 1. The first-order valence-electron chi connectivity index (χ1n) is 20.3. The molecule has 3 heterocycles. The molecular formula is C43H58N3O11PS. The van der Waals surface area contributed by atoms with Gasteiger partial charge in [0, 0.05) is 32.7 Å². The first-order valence-corrected chi connectivity index (χ1v) is 23.5. The summed E-state index contributed by atoms with van der Waals surface area (Å²) in [4.78, 5) is 15.7. The summed E-state index contributed by atoms with van der Waals surface area (Å²) in [6.45, 7) is 6.38. The van der Waals surface area contributed by atoms with E-state index in [0.29, 0.717) is 44.8 Å². The number of nitrogens with one attached hydrogen (secondary N) is 1. The summed E-state index contributed by atoms with van der Waals surface area (Å²) >= 11 is 0. The molecule has 16 heteroatoms. The second kappa shape index (κ2) is 21.2. The Morgan fingerprint density at radius 2 is 1.63 bits per heavy atom. The minimum Gasteiger partial charge on any atom is -0.497 e. The molecule has 0 spiro atoms. The lowest BCUT2D eigenvalue weighted by Crippen LogP contribution is -2.51. The fourth-order valence-corrected chi connectivity index (χ4v) is 10.6. The summed E-state index contributed by atoms with van der Waals surface area (Å²) in [6, 6.07) is 24.4. The summed E-state index contributed by atoms with van der Waals surface area (Å²) in [5, 5.41) is 14.7. The highest BCUT2D eigenvalue weighted by Gasteiger charge is 2.44. The summed E-state index contributed by atoms with van der Waals surface area (Å²) in [6.07, 6.45) is 0.901. The summed E-state index contributed by atoms with van der Waals surface area (Å²) in [5.74, 6) is 0.395. The smallest absolute Gasteiger partial charge is 0.407 e. The summed E-state index contributed by atoms with van der Waals surface area (Å²) < 4.78 is 77.5. The number of aliphatic hydroxyl groups excluding tert-OH is 1. The standard InChI is InChI=1S/C43H58N3O11PS/c1-32(2)27-46(59(50,51)37-16-14-36(52-3)15-17-37)28-40(47)39(44-43(48)57-41-31-54-42-38(41)20-24-53-42)26-33-18-21-45(22-19-33)23-25-58(49,55-29-34-10-6-4-7-11-34)56-30-35-12-8-5-9-13-35/h4-18,32,38-42,47H,19-31H2,1-3H3,(H,44,48)/t38-,39-,40+,41-,42+/m0/s1. The highest BCUT2D eigenvalue weighted by molar-refractivity contribution is 7.89. The average Bonchev–Trinajstić information content (AvgIpc) is 3.87. The van der Waals surface area contributed by atoms with E-state index in [9.17, 15) is 22.9 Å². The molecule has 0 unspecified atom stereocenters. The number of ether oxygens (including phenoxy) is 4. The molecule has 0 bridgehead atoms. The first-order chi connectivity index (χ1) is 28.4. The van der Waals surface area contributed by atoms with Crippen molar-refractivity contribution in [1.29, 1.82) is 0 Å². The molecule has 3 aromatic carbocycles. The number of amides is 1. The molecule has 322 valence electrons. The Hall–Kier alpha value is -3.63. The maximum atomic E-state index is 14.1. The molecule has 1 amide bonds. The Balaban J connectivity index is 1.12. The van der Waals surface area contributed by atoms with Gasteiger partial charge in [-0.3, -0.25) is 9.46 Å². The minimum absolute atomic E-state index is 0.0506. The van der Waals surface area contributed by atoms with Crippen LogP contribution in [-0.4, -0.2) is 113 Å². The van der Waals surface area contributed by atoms with Crippen LogP contribution in [0.2, 0.25) is 0 Å².